The number of hydrogen-bond donors (Lipinski definition) is 1. The van der Waals surface area contributed by atoms with E-state index in [1.807, 2.05) is 30.3 Å². The zero-order valence-corrected chi connectivity index (χ0v) is 22.9. The highest BCUT2D eigenvalue weighted by Gasteiger charge is 2.32. The molecule has 0 saturated heterocycles. The second-order valence-electron chi connectivity index (χ2n) is 8.21. The lowest BCUT2D eigenvalue weighted by atomic mass is 10.0. The van der Waals surface area contributed by atoms with Crippen LogP contribution >= 0.6 is 22.6 Å². The number of carbonyl (C=O) groups is 2. The molecular weight excluding hydrogens is 596 g/mol. The zero-order valence-electron chi connectivity index (χ0n) is 19.9. The number of benzene rings is 3. The van der Waals surface area contributed by atoms with Crippen LogP contribution in [0.15, 0.2) is 78.9 Å². The SMILES string of the molecule is CNC(=O)C(Cc1ccccc1)N(Cc1ccc(F)cc1)C(=O)CN(c1ccc(I)cc1)S(C)(=O)=O. The molecule has 0 aliphatic carbocycles. The van der Waals surface area contributed by atoms with Crippen molar-refractivity contribution in [1.82, 2.24) is 10.2 Å². The lowest BCUT2D eigenvalue weighted by Gasteiger charge is -2.33. The molecule has 0 fully saturated rings. The van der Waals surface area contributed by atoms with Gasteiger partial charge in [0.2, 0.25) is 21.8 Å². The molecule has 3 aromatic carbocycles. The second kappa shape index (κ2) is 12.3. The number of carbonyl (C=O) groups excluding carboxylic acids is 2. The Morgan fingerprint density at radius 2 is 1.56 bits per heavy atom. The van der Waals surface area contributed by atoms with Crippen molar-refractivity contribution in [3.05, 3.63) is 99.4 Å². The average molecular weight is 623 g/mol. The molecule has 0 bridgehead atoms. The van der Waals surface area contributed by atoms with E-state index in [1.54, 1.807) is 24.3 Å². The molecule has 0 aliphatic rings. The molecule has 2 amide bonds. The average Bonchev–Trinajstić information content (AvgIpc) is 2.86. The topological polar surface area (TPSA) is 86.8 Å². The largest absolute Gasteiger partial charge is 0.357 e. The number of rotatable bonds is 10. The summed E-state index contributed by atoms with van der Waals surface area (Å²) in [5.74, 6) is -1.38. The number of likely N-dealkylation sites (N-methyl/N-ethyl adjacent to an activating group) is 1. The molecule has 3 rings (SSSR count). The molecule has 0 heterocycles. The highest BCUT2D eigenvalue weighted by Crippen LogP contribution is 2.21. The first-order valence-corrected chi connectivity index (χ1v) is 14.0. The summed E-state index contributed by atoms with van der Waals surface area (Å²) in [6.07, 6.45) is 1.25. The molecule has 0 saturated carbocycles. The number of halogens is 2. The Balaban J connectivity index is 2.00. The van der Waals surface area contributed by atoms with Crippen molar-refractivity contribution in [3.8, 4) is 0 Å². The minimum Gasteiger partial charge on any atom is -0.357 e. The van der Waals surface area contributed by atoms with Crippen LogP contribution in [0.25, 0.3) is 0 Å². The minimum absolute atomic E-state index is 0.00563. The Morgan fingerprint density at radius 3 is 2.11 bits per heavy atom. The first kappa shape index (κ1) is 27.6. The van der Waals surface area contributed by atoms with E-state index in [0.717, 1.165) is 19.7 Å². The molecule has 0 aromatic heterocycles. The normalized spacial score (nSPS) is 12.0. The third-order valence-electron chi connectivity index (χ3n) is 5.58. The van der Waals surface area contributed by atoms with E-state index < -0.39 is 40.2 Å². The maximum Gasteiger partial charge on any atom is 0.244 e. The van der Waals surface area contributed by atoms with Gasteiger partial charge in [-0.2, -0.15) is 0 Å². The van der Waals surface area contributed by atoms with Crippen molar-refractivity contribution < 1.29 is 22.4 Å². The van der Waals surface area contributed by atoms with Crippen LogP contribution in [0, 0.1) is 9.39 Å². The summed E-state index contributed by atoms with van der Waals surface area (Å²) in [6.45, 7) is -0.503. The van der Waals surface area contributed by atoms with Gasteiger partial charge >= 0.3 is 0 Å². The summed E-state index contributed by atoms with van der Waals surface area (Å²) in [6, 6.07) is 20.7. The molecule has 1 atom stereocenters. The Morgan fingerprint density at radius 1 is 0.944 bits per heavy atom. The number of anilines is 1. The third kappa shape index (κ3) is 7.50. The lowest BCUT2D eigenvalue weighted by Crippen LogP contribution is -2.52. The van der Waals surface area contributed by atoms with Crippen LogP contribution in [0.1, 0.15) is 11.1 Å². The fourth-order valence-electron chi connectivity index (χ4n) is 3.73. The van der Waals surface area contributed by atoms with Crippen LogP contribution in [0.3, 0.4) is 0 Å². The molecule has 7 nitrogen and oxygen atoms in total. The summed E-state index contributed by atoms with van der Waals surface area (Å²) in [5.41, 5.74) is 1.78. The molecular formula is C26H27FIN3O4S. The maximum absolute atomic E-state index is 13.7. The predicted octanol–water partition coefficient (Wildman–Crippen LogP) is 3.58. The van der Waals surface area contributed by atoms with Crippen LogP contribution in [0.5, 0.6) is 0 Å². The molecule has 10 heteroatoms. The minimum atomic E-state index is -3.82. The standard InChI is InChI=1S/C26H27FIN3O4S/c1-29-26(33)24(16-19-6-4-3-5-7-19)30(17-20-8-10-21(27)11-9-20)25(32)18-31(36(2,34)35)23-14-12-22(28)13-15-23/h3-15,24H,16-18H2,1-2H3,(H,29,33). The highest BCUT2D eigenvalue weighted by molar-refractivity contribution is 14.1. The summed E-state index contributed by atoms with van der Waals surface area (Å²) in [7, 11) is -2.33. The Hall–Kier alpha value is -2.99. The van der Waals surface area contributed by atoms with E-state index in [-0.39, 0.29) is 13.0 Å². The lowest BCUT2D eigenvalue weighted by molar-refractivity contribution is -0.139. The van der Waals surface area contributed by atoms with Gasteiger partial charge in [0, 0.05) is 23.6 Å². The number of nitrogens with one attached hydrogen (secondary N) is 1. The highest BCUT2D eigenvalue weighted by atomic mass is 127. The quantitative estimate of drug-likeness (QED) is 0.350. The molecule has 0 spiro atoms. The summed E-state index contributed by atoms with van der Waals surface area (Å²) >= 11 is 2.11. The van der Waals surface area contributed by atoms with E-state index in [4.69, 9.17) is 0 Å². The second-order valence-corrected chi connectivity index (χ2v) is 11.4. The Kier molecular flexibility index (Phi) is 9.43. The van der Waals surface area contributed by atoms with Crippen LogP contribution in [0.4, 0.5) is 10.1 Å². The van der Waals surface area contributed by atoms with Crippen molar-refractivity contribution in [3.63, 3.8) is 0 Å². The van der Waals surface area contributed by atoms with Crippen molar-refractivity contribution in [2.45, 2.75) is 19.0 Å². The third-order valence-corrected chi connectivity index (χ3v) is 7.44. The fourth-order valence-corrected chi connectivity index (χ4v) is 4.94. The van der Waals surface area contributed by atoms with Gasteiger partial charge in [0.25, 0.3) is 0 Å². The smallest absolute Gasteiger partial charge is 0.244 e. The van der Waals surface area contributed by atoms with Gasteiger partial charge in [0.1, 0.15) is 18.4 Å². The van der Waals surface area contributed by atoms with Gasteiger partial charge in [-0.05, 0) is 70.1 Å². The first-order chi connectivity index (χ1) is 17.1. The Labute approximate surface area is 224 Å². The molecule has 0 aliphatic heterocycles. The zero-order chi connectivity index (χ0) is 26.3. The van der Waals surface area contributed by atoms with Crippen LogP contribution in [0.2, 0.25) is 0 Å². The molecule has 36 heavy (non-hydrogen) atoms. The van der Waals surface area contributed by atoms with Gasteiger partial charge in [-0.1, -0.05) is 42.5 Å². The number of amides is 2. The number of sulfonamides is 1. The van der Waals surface area contributed by atoms with E-state index in [2.05, 4.69) is 27.9 Å². The first-order valence-electron chi connectivity index (χ1n) is 11.1. The van der Waals surface area contributed by atoms with Gasteiger partial charge in [0.05, 0.1) is 11.9 Å². The van der Waals surface area contributed by atoms with Crippen LogP contribution in [-0.4, -0.2) is 51.0 Å². The van der Waals surface area contributed by atoms with Gasteiger partial charge in [-0.25, -0.2) is 12.8 Å². The van der Waals surface area contributed by atoms with Crippen molar-refractivity contribution >= 4 is 50.1 Å². The van der Waals surface area contributed by atoms with Crippen molar-refractivity contribution in [1.29, 1.82) is 0 Å². The maximum atomic E-state index is 13.7. The summed E-state index contributed by atoms with van der Waals surface area (Å²) < 4.78 is 40.8. The summed E-state index contributed by atoms with van der Waals surface area (Å²) in [5, 5.41) is 2.61. The van der Waals surface area contributed by atoms with Gasteiger partial charge < -0.3 is 10.2 Å². The van der Waals surface area contributed by atoms with Crippen LogP contribution < -0.4 is 9.62 Å². The van der Waals surface area contributed by atoms with Gasteiger partial charge in [-0.3, -0.25) is 13.9 Å². The van der Waals surface area contributed by atoms with Gasteiger partial charge in [-0.15, -0.1) is 0 Å². The fraction of sp³-hybridized carbons (Fsp3) is 0.231. The molecule has 1 N–H and O–H groups in total. The number of hydrogen-bond acceptors (Lipinski definition) is 4. The molecule has 190 valence electrons. The monoisotopic (exact) mass is 623 g/mol. The number of nitrogens with zero attached hydrogens (tertiary/aromatic N) is 2. The van der Waals surface area contributed by atoms with E-state index in [0.29, 0.717) is 11.3 Å². The van der Waals surface area contributed by atoms with Gasteiger partial charge in [0.15, 0.2) is 0 Å². The summed E-state index contributed by atoms with van der Waals surface area (Å²) in [4.78, 5) is 28.1. The van der Waals surface area contributed by atoms with E-state index >= 15 is 0 Å². The van der Waals surface area contributed by atoms with Crippen LogP contribution in [-0.2, 0) is 32.6 Å². The van der Waals surface area contributed by atoms with E-state index in [1.165, 1.54) is 36.2 Å². The predicted molar refractivity (Wildman–Crippen MR) is 146 cm³/mol. The Bertz CT molecular complexity index is 1290. The molecule has 0 radical (unpaired) electrons. The molecule has 1 unspecified atom stereocenters. The van der Waals surface area contributed by atoms with E-state index in [9.17, 15) is 22.4 Å². The van der Waals surface area contributed by atoms with Crippen molar-refractivity contribution in [2.24, 2.45) is 0 Å². The molecule has 3 aromatic rings. The van der Waals surface area contributed by atoms with Crippen molar-refractivity contribution in [2.75, 3.05) is 24.2 Å².